The van der Waals surface area contributed by atoms with Crippen LogP contribution >= 0.6 is 0 Å². The number of aromatic nitrogens is 4. The molecule has 1 N–H and O–H groups in total. The summed E-state index contributed by atoms with van der Waals surface area (Å²) < 4.78 is 24.6. The highest BCUT2D eigenvalue weighted by molar-refractivity contribution is 7.92. The summed E-state index contributed by atoms with van der Waals surface area (Å²) in [4.78, 5) is 17.0. The van der Waals surface area contributed by atoms with E-state index in [-0.39, 0.29) is 1.43 Å². The number of pyridine rings is 1. The van der Waals surface area contributed by atoms with E-state index in [4.69, 9.17) is 4.98 Å². The average Bonchev–Trinajstić information content (AvgIpc) is 3.12. The van der Waals surface area contributed by atoms with Crippen LogP contribution in [0.2, 0.25) is 0 Å². The maximum atomic E-state index is 12.3. The zero-order valence-electron chi connectivity index (χ0n) is 15.8. The van der Waals surface area contributed by atoms with Crippen LogP contribution in [0.4, 0.5) is 0 Å². The molecule has 1 aromatic carbocycles. The van der Waals surface area contributed by atoms with Crippen molar-refractivity contribution in [2.24, 2.45) is 0 Å². The summed E-state index contributed by atoms with van der Waals surface area (Å²) in [7, 11) is -3.30. The van der Waals surface area contributed by atoms with Gasteiger partial charge >= 0.3 is 0 Å². The van der Waals surface area contributed by atoms with Gasteiger partial charge in [0.25, 0.3) is 0 Å². The Morgan fingerprint density at radius 1 is 0.964 bits per heavy atom. The van der Waals surface area contributed by atoms with E-state index < -0.39 is 15.1 Å². The molecule has 4 rings (SSSR count). The Morgan fingerprint density at radius 2 is 1.68 bits per heavy atom. The van der Waals surface area contributed by atoms with E-state index in [0.717, 1.165) is 27.9 Å². The summed E-state index contributed by atoms with van der Waals surface area (Å²) in [5, 5.41) is -0.458. The lowest BCUT2D eigenvalue weighted by molar-refractivity contribution is 0.587. The standard InChI is InChI=1S/C21H20N4O2S.H2/c1-13(2)28(26,27)17-8-6-15(7-9-17)19-12-24-21-20(25-19)18(11-23-21)16-5-4-14(3)22-10-16;/h4-13H,1-3H3,(H,23,24);1H. The first-order valence-electron chi connectivity index (χ1n) is 8.98. The fourth-order valence-electron chi connectivity index (χ4n) is 2.97. The van der Waals surface area contributed by atoms with Crippen molar-refractivity contribution in [3.8, 4) is 22.4 Å². The first kappa shape index (κ1) is 18.3. The number of aryl methyl sites for hydroxylation is 1. The van der Waals surface area contributed by atoms with Gasteiger partial charge in [-0.3, -0.25) is 4.98 Å². The predicted octanol–water partition coefficient (Wildman–Crippen LogP) is 4.42. The molecule has 0 saturated carbocycles. The van der Waals surface area contributed by atoms with Gasteiger partial charge in [-0.1, -0.05) is 18.2 Å². The van der Waals surface area contributed by atoms with Crippen molar-refractivity contribution >= 4 is 21.0 Å². The Labute approximate surface area is 165 Å². The van der Waals surface area contributed by atoms with Gasteiger partial charge in [0.1, 0.15) is 5.52 Å². The molecule has 0 fully saturated rings. The molecule has 6 nitrogen and oxygen atoms in total. The molecule has 0 unspecified atom stereocenters. The number of aromatic amines is 1. The Morgan fingerprint density at radius 3 is 2.32 bits per heavy atom. The zero-order valence-corrected chi connectivity index (χ0v) is 16.7. The molecule has 144 valence electrons. The molecular weight excluding hydrogens is 372 g/mol. The molecule has 0 radical (unpaired) electrons. The number of rotatable bonds is 4. The summed E-state index contributed by atoms with van der Waals surface area (Å²) in [6, 6.07) is 10.7. The molecule has 7 heteroatoms. The van der Waals surface area contributed by atoms with Gasteiger partial charge in [-0.25, -0.2) is 18.4 Å². The normalized spacial score (nSPS) is 12.0. The van der Waals surface area contributed by atoms with Crippen LogP contribution < -0.4 is 0 Å². The molecule has 0 bridgehead atoms. The van der Waals surface area contributed by atoms with Gasteiger partial charge in [-0.15, -0.1) is 0 Å². The van der Waals surface area contributed by atoms with E-state index >= 15 is 0 Å². The minimum atomic E-state index is -3.30. The summed E-state index contributed by atoms with van der Waals surface area (Å²) in [6.45, 7) is 5.30. The number of sulfone groups is 1. The van der Waals surface area contributed by atoms with Gasteiger partial charge in [-0.05, 0) is 39.0 Å². The average molecular weight is 395 g/mol. The van der Waals surface area contributed by atoms with Crippen LogP contribution in [0.25, 0.3) is 33.5 Å². The van der Waals surface area contributed by atoms with Crippen molar-refractivity contribution in [3.63, 3.8) is 0 Å². The third-order valence-electron chi connectivity index (χ3n) is 4.70. The SMILES string of the molecule is Cc1ccc(-c2c[nH]c3ncc(-c4ccc(S(=O)(=O)C(C)C)cc4)nc23)cn1.[HH]. The second-order valence-corrected chi connectivity index (χ2v) is 9.47. The summed E-state index contributed by atoms with van der Waals surface area (Å²) in [5.74, 6) is 0. The number of nitrogens with zero attached hydrogens (tertiary/aromatic N) is 3. The largest absolute Gasteiger partial charge is 0.344 e. The molecule has 3 heterocycles. The van der Waals surface area contributed by atoms with Gasteiger partial charge in [0, 0.05) is 36.2 Å². The molecule has 0 amide bonds. The second kappa shape index (κ2) is 6.83. The van der Waals surface area contributed by atoms with Crippen molar-refractivity contribution in [2.75, 3.05) is 0 Å². The fraction of sp³-hybridized carbons (Fsp3) is 0.190. The van der Waals surface area contributed by atoms with E-state index in [1.54, 1.807) is 44.3 Å². The first-order valence-corrected chi connectivity index (χ1v) is 10.5. The van der Waals surface area contributed by atoms with E-state index in [0.29, 0.717) is 16.2 Å². The fourth-order valence-corrected chi connectivity index (χ4v) is 4.02. The number of hydrogen-bond donors (Lipinski definition) is 1. The van der Waals surface area contributed by atoms with Crippen molar-refractivity contribution in [1.82, 2.24) is 19.9 Å². The second-order valence-electron chi connectivity index (χ2n) is 6.96. The quantitative estimate of drug-likeness (QED) is 0.553. The van der Waals surface area contributed by atoms with Gasteiger partial charge < -0.3 is 4.98 Å². The number of nitrogens with one attached hydrogen (secondary N) is 1. The van der Waals surface area contributed by atoms with Gasteiger partial charge in [-0.2, -0.15) is 0 Å². The van der Waals surface area contributed by atoms with Crippen LogP contribution in [0, 0.1) is 6.92 Å². The molecular formula is C21H22N4O2S. The lowest BCUT2D eigenvalue weighted by Gasteiger charge is -2.08. The van der Waals surface area contributed by atoms with Crippen molar-refractivity contribution in [1.29, 1.82) is 0 Å². The summed E-state index contributed by atoms with van der Waals surface area (Å²) >= 11 is 0. The third-order valence-corrected chi connectivity index (χ3v) is 6.87. The molecule has 0 aliphatic carbocycles. The number of fused-ring (bicyclic) bond motifs is 1. The van der Waals surface area contributed by atoms with Crippen LogP contribution in [-0.2, 0) is 9.84 Å². The Bertz CT molecular complexity index is 1250. The maximum absolute atomic E-state index is 12.3. The van der Waals surface area contributed by atoms with E-state index in [9.17, 15) is 8.42 Å². The lowest BCUT2D eigenvalue weighted by atomic mass is 10.1. The zero-order chi connectivity index (χ0) is 19.9. The highest BCUT2D eigenvalue weighted by atomic mass is 32.2. The Hall–Kier alpha value is -3.06. The summed E-state index contributed by atoms with van der Waals surface area (Å²) in [5.41, 5.74) is 5.78. The maximum Gasteiger partial charge on any atom is 0.180 e. The van der Waals surface area contributed by atoms with Gasteiger partial charge in [0.15, 0.2) is 15.5 Å². The summed E-state index contributed by atoms with van der Waals surface area (Å²) in [6.07, 6.45) is 5.37. The molecule has 0 spiro atoms. The van der Waals surface area contributed by atoms with Crippen LogP contribution in [0.3, 0.4) is 0 Å². The Balaban J connectivity index is 0.00000240. The van der Waals surface area contributed by atoms with Crippen molar-refractivity contribution in [3.05, 3.63) is 60.7 Å². The molecule has 0 saturated heterocycles. The van der Waals surface area contributed by atoms with Crippen LogP contribution in [-0.4, -0.2) is 33.6 Å². The van der Waals surface area contributed by atoms with Gasteiger partial charge in [0.05, 0.1) is 22.0 Å². The minimum Gasteiger partial charge on any atom is -0.344 e. The lowest BCUT2D eigenvalue weighted by Crippen LogP contribution is -2.13. The minimum absolute atomic E-state index is 0. The van der Waals surface area contributed by atoms with Gasteiger partial charge in [0.2, 0.25) is 0 Å². The molecule has 0 atom stereocenters. The first-order chi connectivity index (χ1) is 13.4. The van der Waals surface area contributed by atoms with Crippen molar-refractivity contribution in [2.45, 2.75) is 30.9 Å². The molecule has 3 aromatic heterocycles. The number of benzene rings is 1. The monoisotopic (exact) mass is 394 g/mol. The number of hydrogen-bond acceptors (Lipinski definition) is 5. The highest BCUT2D eigenvalue weighted by Gasteiger charge is 2.19. The third kappa shape index (κ3) is 3.18. The molecule has 4 aromatic rings. The molecule has 28 heavy (non-hydrogen) atoms. The predicted molar refractivity (Wildman–Crippen MR) is 112 cm³/mol. The van der Waals surface area contributed by atoms with Crippen LogP contribution in [0.1, 0.15) is 21.0 Å². The Kier molecular flexibility index (Phi) is 4.47. The van der Waals surface area contributed by atoms with E-state index in [1.165, 1.54) is 0 Å². The smallest absolute Gasteiger partial charge is 0.180 e. The van der Waals surface area contributed by atoms with Crippen molar-refractivity contribution < 1.29 is 9.84 Å². The molecule has 0 aliphatic rings. The van der Waals surface area contributed by atoms with E-state index in [2.05, 4.69) is 15.0 Å². The van der Waals surface area contributed by atoms with Crippen LogP contribution in [0.5, 0.6) is 0 Å². The van der Waals surface area contributed by atoms with E-state index in [1.807, 2.05) is 31.5 Å². The topological polar surface area (TPSA) is 88.6 Å². The molecule has 0 aliphatic heterocycles. The number of H-pyrrole nitrogens is 1. The highest BCUT2D eigenvalue weighted by Crippen LogP contribution is 2.28. The van der Waals surface area contributed by atoms with Crippen LogP contribution in [0.15, 0.2) is 59.9 Å².